The predicted molar refractivity (Wildman–Crippen MR) is 81.8 cm³/mol. The molecule has 0 aliphatic carbocycles. The quantitative estimate of drug-likeness (QED) is 0.668. The Bertz CT molecular complexity index is 719. The van der Waals surface area contributed by atoms with Gasteiger partial charge in [0, 0.05) is 19.9 Å². The lowest BCUT2D eigenvalue weighted by Gasteiger charge is -2.12. The number of amides is 2. The van der Waals surface area contributed by atoms with Gasteiger partial charge in [0.1, 0.15) is 0 Å². The summed E-state index contributed by atoms with van der Waals surface area (Å²) in [5.74, 6) is -0.593. The molecule has 2 heterocycles. The smallest absolute Gasteiger partial charge is 0.263 e. The van der Waals surface area contributed by atoms with Gasteiger partial charge >= 0.3 is 0 Å². The van der Waals surface area contributed by atoms with Gasteiger partial charge < -0.3 is 5.73 Å². The third kappa shape index (κ3) is 1.96. The van der Waals surface area contributed by atoms with Gasteiger partial charge in [0.25, 0.3) is 11.8 Å². The third-order valence-corrected chi connectivity index (χ3v) is 5.37. The lowest BCUT2D eigenvalue weighted by atomic mass is 10.1. The zero-order valence-electron chi connectivity index (χ0n) is 10.6. The highest BCUT2D eigenvalue weighted by Crippen LogP contribution is 2.32. The number of aryl methyl sites for hydroxylation is 1. The highest BCUT2D eigenvalue weighted by molar-refractivity contribution is 9.10. The van der Waals surface area contributed by atoms with Gasteiger partial charge in [-0.05, 0) is 41.1 Å². The molecule has 1 aromatic heterocycles. The molecule has 2 amide bonds. The second-order valence-electron chi connectivity index (χ2n) is 4.58. The molecule has 0 atom stereocenters. The van der Waals surface area contributed by atoms with Crippen LogP contribution in [0.3, 0.4) is 0 Å². The van der Waals surface area contributed by atoms with E-state index < -0.39 is 0 Å². The number of rotatable bonds is 2. The Balaban J connectivity index is 1.96. The van der Waals surface area contributed by atoms with E-state index in [9.17, 15) is 9.59 Å². The average Bonchev–Trinajstić information content (AvgIpc) is 2.84. The minimum absolute atomic E-state index is 0.278. The van der Waals surface area contributed by atoms with Gasteiger partial charge in [-0.15, -0.1) is 11.3 Å². The summed E-state index contributed by atoms with van der Waals surface area (Å²) in [5, 5.41) is 0. The van der Waals surface area contributed by atoms with Gasteiger partial charge in [-0.3, -0.25) is 14.5 Å². The van der Waals surface area contributed by atoms with E-state index in [1.54, 1.807) is 29.5 Å². The van der Waals surface area contributed by atoms with Gasteiger partial charge in [0.05, 0.1) is 17.7 Å². The van der Waals surface area contributed by atoms with Crippen molar-refractivity contribution in [2.45, 2.75) is 13.5 Å². The van der Waals surface area contributed by atoms with Crippen molar-refractivity contribution in [3.05, 3.63) is 49.6 Å². The SMILES string of the molecule is Cc1sc(CN2C(=O)c3cccc(N)c3C2=O)cc1Br. The van der Waals surface area contributed by atoms with Crippen LogP contribution >= 0.6 is 27.3 Å². The van der Waals surface area contributed by atoms with Gasteiger partial charge in [-0.25, -0.2) is 0 Å². The van der Waals surface area contributed by atoms with Gasteiger partial charge in [-0.1, -0.05) is 6.07 Å². The number of anilines is 1. The first-order valence-electron chi connectivity index (χ1n) is 5.98. The van der Waals surface area contributed by atoms with Crippen LogP contribution in [0.5, 0.6) is 0 Å². The summed E-state index contributed by atoms with van der Waals surface area (Å²) in [6.45, 7) is 2.27. The van der Waals surface area contributed by atoms with E-state index in [2.05, 4.69) is 15.9 Å². The van der Waals surface area contributed by atoms with Gasteiger partial charge in [-0.2, -0.15) is 0 Å². The fraction of sp³-hybridized carbons (Fsp3) is 0.143. The van der Waals surface area contributed by atoms with Gasteiger partial charge in [0.15, 0.2) is 0 Å². The molecule has 6 heteroatoms. The van der Waals surface area contributed by atoms with E-state index in [0.29, 0.717) is 16.8 Å². The van der Waals surface area contributed by atoms with Crippen LogP contribution in [0.1, 0.15) is 30.5 Å². The van der Waals surface area contributed by atoms with Gasteiger partial charge in [0.2, 0.25) is 0 Å². The fourth-order valence-electron chi connectivity index (χ4n) is 2.25. The van der Waals surface area contributed by atoms with Crippen molar-refractivity contribution in [3.63, 3.8) is 0 Å². The minimum Gasteiger partial charge on any atom is -0.398 e. The molecule has 2 N–H and O–H groups in total. The number of carbonyl (C=O) groups is 2. The van der Waals surface area contributed by atoms with Crippen LogP contribution in [-0.4, -0.2) is 16.7 Å². The van der Waals surface area contributed by atoms with E-state index in [4.69, 9.17) is 5.73 Å². The molecule has 1 aliphatic rings. The number of carbonyl (C=O) groups excluding carboxylic acids is 2. The lowest BCUT2D eigenvalue weighted by molar-refractivity contribution is 0.0644. The standard InChI is InChI=1S/C14H11BrN2O2S/c1-7-10(15)5-8(20-7)6-17-13(18)9-3-2-4-11(16)12(9)14(17)19/h2-5H,6,16H2,1H3. The van der Waals surface area contributed by atoms with Crippen molar-refractivity contribution in [2.75, 3.05) is 5.73 Å². The van der Waals surface area contributed by atoms with Crippen molar-refractivity contribution in [1.29, 1.82) is 0 Å². The first kappa shape index (κ1) is 13.3. The van der Waals surface area contributed by atoms with Crippen LogP contribution in [0.2, 0.25) is 0 Å². The second-order valence-corrected chi connectivity index (χ2v) is 6.78. The molecule has 0 radical (unpaired) electrons. The maximum absolute atomic E-state index is 12.3. The topological polar surface area (TPSA) is 63.4 Å². The van der Waals surface area contributed by atoms with Crippen molar-refractivity contribution >= 4 is 44.8 Å². The number of halogens is 1. The highest BCUT2D eigenvalue weighted by Gasteiger charge is 2.37. The summed E-state index contributed by atoms with van der Waals surface area (Å²) < 4.78 is 0.994. The fourth-order valence-corrected chi connectivity index (χ4v) is 3.85. The molecule has 3 rings (SSSR count). The maximum atomic E-state index is 12.3. The number of nitrogens with zero attached hydrogens (tertiary/aromatic N) is 1. The van der Waals surface area contributed by atoms with Crippen molar-refractivity contribution in [2.24, 2.45) is 0 Å². The first-order valence-corrected chi connectivity index (χ1v) is 7.59. The molecule has 1 aliphatic heterocycles. The monoisotopic (exact) mass is 350 g/mol. The Kier molecular flexibility index (Phi) is 3.14. The number of benzene rings is 1. The number of fused-ring (bicyclic) bond motifs is 1. The van der Waals surface area contributed by atoms with Crippen molar-refractivity contribution < 1.29 is 9.59 Å². The molecule has 0 fully saturated rings. The molecule has 102 valence electrons. The second kappa shape index (κ2) is 4.71. The molecule has 0 saturated heterocycles. The predicted octanol–water partition coefficient (Wildman–Crippen LogP) is 3.20. The first-order chi connectivity index (χ1) is 9.49. The van der Waals surface area contributed by atoms with Crippen molar-refractivity contribution in [1.82, 2.24) is 4.90 Å². The molecule has 0 saturated carbocycles. The summed E-state index contributed by atoms with van der Waals surface area (Å²) in [7, 11) is 0. The van der Waals surface area contributed by atoms with Crippen LogP contribution in [-0.2, 0) is 6.54 Å². The Morgan fingerprint density at radius 1 is 1.30 bits per heavy atom. The van der Waals surface area contributed by atoms with E-state index in [1.165, 1.54) is 4.90 Å². The summed E-state index contributed by atoms with van der Waals surface area (Å²) in [4.78, 5) is 28.0. The number of nitrogen functional groups attached to an aromatic ring is 1. The number of nitrogens with two attached hydrogens (primary N) is 1. The normalized spacial score (nSPS) is 14.0. The summed E-state index contributed by atoms with van der Waals surface area (Å²) in [6, 6.07) is 6.91. The van der Waals surface area contributed by atoms with Crippen LogP contribution in [0, 0.1) is 6.92 Å². The number of imide groups is 1. The number of hydrogen-bond donors (Lipinski definition) is 1. The molecule has 0 spiro atoms. The van der Waals surface area contributed by atoms with Crippen LogP contribution in [0.15, 0.2) is 28.7 Å². The Morgan fingerprint density at radius 2 is 2.05 bits per heavy atom. The minimum atomic E-state index is -0.315. The molecular weight excluding hydrogens is 340 g/mol. The number of thiophene rings is 1. The maximum Gasteiger partial charge on any atom is 0.263 e. The van der Waals surface area contributed by atoms with E-state index >= 15 is 0 Å². The van der Waals surface area contributed by atoms with Crippen molar-refractivity contribution in [3.8, 4) is 0 Å². The van der Waals surface area contributed by atoms with E-state index in [0.717, 1.165) is 14.2 Å². The highest BCUT2D eigenvalue weighted by atomic mass is 79.9. The molecule has 20 heavy (non-hydrogen) atoms. The summed E-state index contributed by atoms with van der Waals surface area (Å²) >= 11 is 5.00. The molecular formula is C14H11BrN2O2S. The van der Waals surface area contributed by atoms with Crippen LogP contribution in [0.25, 0.3) is 0 Å². The largest absolute Gasteiger partial charge is 0.398 e. The zero-order chi connectivity index (χ0) is 14.4. The Labute approximate surface area is 128 Å². The zero-order valence-corrected chi connectivity index (χ0v) is 13.0. The van der Waals surface area contributed by atoms with E-state index in [-0.39, 0.29) is 18.4 Å². The summed E-state index contributed by atoms with van der Waals surface area (Å²) in [5.41, 5.74) is 6.87. The summed E-state index contributed by atoms with van der Waals surface area (Å²) in [6.07, 6.45) is 0. The van der Waals surface area contributed by atoms with E-state index in [1.807, 2.05) is 13.0 Å². The molecule has 0 bridgehead atoms. The lowest BCUT2D eigenvalue weighted by Crippen LogP contribution is -2.28. The molecule has 1 aromatic carbocycles. The molecule has 4 nitrogen and oxygen atoms in total. The number of hydrogen-bond acceptors (Lipinski definition) is 4. The average molecular weight is 351 g/mol. The molecule has 0 unspecified atom stereocenters. The Morgan fingerprint density at radius 3 is 2.65 bits per heavy atom. The molecule has 2 aromatic rings. The van der Waals surface area contributed by atoms with Crippen LogP contribution < -0.4 is 5.73 Å². The third-order valence-electron chi connectivity index (χ3n) is 3.25. The van der Waals surface area contributed by atoms with Crippen LogP contribution in [0.4, 0.5) is 5.69 Å². The Hall–Kier alpha value is -1.66.